The third kappa shape index (κ3) is 6.41. The van der Waals surface area contributed by atoms with E-state index in [1.807, 2.05) is 42.5 Å². The van der Waals surface area contributed by atoms with Crippen LogP contribution in [0.2, 0.25) is 0 Å². The fourth-order valence-corrected chi connectivity index (χ4v) is 2.23. The molecule has 0 atom stereocenters. The number of nitrogens with one attached hydrogen (secondary N) is 2. The van der Waals surface area contributed by atoms with E-state index in [4.69, 9.17) is 9.47 Å². The molecule has 136 valence electrons. The number of rotatable bonds is 8. The zero-order valence-corrected chi connectivity index (χ0v) is 14.8. The van der Waals surface area contributed by atoms with Gasteiger partial charge in [0.25, 0.3) is 0 Å². The maximum absolute atomic E-state index is 11.9. The second kappa shape index (κ2) is 10.0. The highest BCUT2D eigenvalue weighted by atomic mass is 16.5. The summed E-state index contributed by atoms with van der Waals surface area (Å²) in [5.41, 5.74) is 2.18. The van der Waals surface area contributed by atoms with Crippen molar-refractivity contribution in [2.75, 3.05) is 31.0 Å². The van der Waals surface area contributed by atoms with Crippen molar-refractivity contribution in [3.63, 3.8) is 0 Å². The van der Waals surface area contributed by atoms with Crippen molar-refractivity contribution in [3.05, 3.63) is 60.2 Å². The lowest BCUT2D eigenvalue weighted by molar-refractivity contribution is -0.120. The summed E-state index contributed by atoms with van der Waals surface area (Å²) < 4.78 is 10.6. The second-order valence-electron chi connectivity index (χ2n) is 5.47. The molecule has 0 bridgehead atoms. The molecule has 0 aliphatic carbocycles. The van der Waals surface area contributed by atoms with Gasteiger partial charge >= 0.3 is 0 Å². The molecule has 0 spiro atoms. The summed E-state index contributed by atoms with van der Waals surface area (Å²) in [4.78, 5) is 23.1. The van der Waals surface area contributed by atoms with Gasteiger partial charge in [0.2, 0.25) is 11.8 Å². The summed E-state index contributed by atoms with van der Waals surface area (Å²) >= 11 is 0. The Kier molecular flexibility index (Phi) is 7.39. The van der Waals surface area contributed by atoms with E-state index in [1.165, 1.54) is 14.0 Å². The summed E-state index contributed by atoms with van der Waals surface area (Å²) in [6.07, 6.45) is 3.79. The van der Waals surface area contributed by atoms with Crippen LogP contribution >= 0.6 is 0 Å². The van der Waals surface area contributed by atoms with Gasteiger partial charge in [0.15, 0.2) is 0 Å². The van der Waals surface area contributed by atoms with Crippen molar-refractivity contribution >= 4 is 29.3 Å². The number of anilines is 2. The van der Waals surface area contributed by atoms with Gasteiger partial charge in [0.1, 0.15) is 12.4 Å². The Morgan fingerprint density at radius 1 is 1.08 bits per heavy atom. The number of carbonyl (C=O) groups is 2. The van der Waals surface area contributed by atoms with Crippen LogP contribution in [0.5, 0.6) is 5.75 Å². The van der Waals surface area contributed by atoms with Crippen molar-refractivity contribution in [3.8, 4) is 5.75 Å². The molecule has 2 N–H and O–H groups in total. The molecule has 26 heavy (non-hydrogen) atoms. The first-order chi connectivity index (χ1) is 12.6. The van der Waals surface area contributed by atoms with Crippen LogP contribution in [0.1, 0.15) is 12.5 Å². The third-order valence-electron chi connectivity index (χ3n) is 3.35. The monoisotopic (exact) mass is 354 g/mol. The van der Waals surface area contributed by atoms with E-state index in [2.05, 4.69) is 10.6 Å². The number of benzene rings is 2. The second-order valence-corrected chi connectivity index (χ2v) is 5.47. The molecule has 0 aliphatic heterocycles. The van der Waals surface area contributed by atoms with Gasteiger partial charge in [-0.25, -0.2) is 0 Å². The first-order valence-corrected chi connectivity index (χ1v) is 8.13. The average Bonchev–Trinajstić information content (AvgIpc) is 2.63. The number of hydrogen-bond acceptors (Lipinski definition) is 4. The minimum Gasteiger partial charge on any atom is -0.494 e. The van der Waals surface area contributed by atoms with Crippen LogP contribution < -0.4 is 15.4 Å². The lowest BCUT2D eigenvalue weighted by atomic mass is 10.2. The molecule has 0 unspecified atom stereocenters. The molecule has 0 heterocycles. The largest absolute Gasteiger partial charge is 0.494 e. The van der Waals surface area contributed by atoms with Crippen LogP contribution in [0, 0.1) is 0 Å². The number of amides is 2. The quantitative estimate of drug-likeness (QED) is 0.713. The molecule has 2 aromatic rings. The van der Waals surface area contributed by atoms with Gasteiger partial charge < -0.3 is 20.1 Å². The van der Waals surface area contributed by atoms with Gasteiger partial charge in [-0.2, -0.15) is 0 Å². The molecular weight excluding hydrogens is 332 g/mol. The van der Waals surface area contributed by atoms with E-state index in [1.54, 1.807) is 18.2 Å². The van der Waals surface area contributed by atoms with Crippen molar-refractivity contribution in [2.24, 2.45) is 0 Å². The van der Waals surface area contributed by atoms with Crippen molar-refractivity contribution < 1.29 is 19.1 Å². The highest BCUT2D eigenvalue weighted by molar-refractivity contribution is 5.94. The number of ether oxygens (including phenoxy) is 2. The van der Waals surface area contributed by atoms with E-state index in [9.17, 15) is 9.59 Å². The van der Waals surface area contributed by atoms with Crippen LogP contribution in [0.15, 0.2) is 54.6 Å². The molecule has 6 nitrogen and oxygen atoms in total. The van der Waals surface area contributed by atoms with Gasteiger partial charge in [-0.15, -0.1) is 0 Å². The van der Waals surface area contributed by atoms with E-state index >= 15 is 0 Å². The fraction of sp³-hybridized carbons (Fsp3) is 0.200. The first kappa shape index (κ1) is 19.2. The van der Waals surface area contributed by atoms with Crippen LogP contribution in [0.3, 0.4) is 0 Å². The van der Waals surface area contributed by atoms with E-state index in [0.717, 1.165) is 5.56 Å². The molecule has 0 fully saturated rings. The summed E-state index contributed by atoms with van der Waals surface area (Å²) in [5, 5.41) is 5.38. The Hall–Kier alpha value is -3.12. The highest BCUT2D eigenvalue weighted by Crippen LogP contribution is 2.27. The Morgan fingerprint density at radius 2 is 1.85 bits per heavy atom. The maximum atomic E-state index is 11.9. The molecule has 0 aliphatic rings. The maximum Gasteiger partial charge on any atom is 0.250 e. The third-order valence-corrected chi connectivity index (χ3v) is 3.35. The topological polar surface area (TPSA) is 76.7 Å². The number of methoxy groups -OCH3 is 1. The van der Waals surface area contributed by atoms with E-state index in [-0.39, 0.29) is 18.4 Å². The fourth-order valence-electron chi connectivity index (χ4n) is 2.23. The van der Waals surface area contributed by atoms with Crippen molar-refractivity contribution in [1.82, 2.24) is 0 Å². The Balaban J connectivity index is 1.80. The number of hydrogen-bond donors (Lipinski definition) is 2. The molecule has 0 saturated carbocycles. The molecule has 2 aromatic carbocycles. The zero-order valence-electron chi connectivity index (χ0n) is 14.8. The number of carbonyl (C=O) groups excluding carboxylic acids is 2. The van der Waals surface area contributed by atoms with E-state index < -0.39 is 0 Å². The minimum absolute atomic E-state index is 0.0606. The summed E-state index contributed by atoms with van der Waals surface area (Å²) in [7, 11) is 1.49. The first-order valence-electron chi connectivity index (χ1n) is 8.13. The van der Waals surface area contributed by atoms with Crippen molar-refractivity contribution in [2.45, 2.75) is 6.92 Å². The standard InChI is InChI=1S/C20H22N2O4/c1-15(23)21-18-11-10-17(13-19(18)25-2)22-20(24)14-26-12-6-9-16-7-4-3-5-8-16/h3-11,13H,12,14H2,1-2H3,(H,21,23)(H,22,24). The van der Waals surface area contributed by atoms with Crippen LogP contribution in [-0.2, 0) is 14.3 Å². The van der Waals surface area contributed by atoms with Gasteiger partial charge in [-0.1, -0.05) is 42.5 Å². The van der Waals surface area contributed by atoms with Gasteiger partial charge in [-0.05, 0) is 17.7 Å². The molecular formula is C20H22N2O4. The van der Waals surface area contributed by atoms with E-state index in [0.29, 0.717) is 23.7 Å². The summed E-state index contributed by atoms with van der Waals surface area (Å²) in [6.45, 7) is 1.70. The zero-order chi connectivity index (χ0) is 18.8. The normalized spacial score (nSPS) is 10.5. The predicted octanol–water partition coefficient (Wildman–Crippen LogP) is 3.32. The minimum atomic E-state index is -0.271. The smallest absolute Gasteiger partial charge is 0.250 e. The lowest BCUT2D eigenvalue weighted by Crippen LogP contribution is -2.18. The Morgan fingerprint density at radius 3 is 2.54 bits per heavy atom. The van der Waals surface area contributed by atoms with Crippen molar-refractivity contribution in [1.29, 1.82) is 0 Å². The van der Waals surface area contributed by atoms with Gasteiger partial charge in [0.05, 0.1) is 19.4 Å². The molecule has 0 saturated heterocycles. The molecule has 2 amide bonds. The van der Waals surface area contributed by atoms with Gasteiger partial charge in [0, 0.05) is 18.7 Å². The van der Waals surface area contributed by atoms with Crippen LogP contribution in [0.25, 0.3) is 6.08 Å². The molecule has 6 heteroatoms. The SMILES string of the molecule is COc1cc(NC(=O)COCC=Cc2ccccc2)ccc1NC(C)=O. The Labute approximate surface area is 152 Å². The molecule has 2 rings (SSSR count). The average molecular weight is 354 g/mol. The van der Waals surface area contributed by atoms with Crippen LogP contribution in [-0.4, -0.2) is 32.1 Å². The van der Waals surface area contributed by atoms with Crippen LogP contribution in [0.4, 0.5) is 11.4 Å². The molecule has 0 aromatic heterocycles. The summed E-state index contributed by atoms with van der Waals surface area (Å²) in [5.74, 6) is -0.00537. The van der Waals surface area contributed by atoms with Gasteiger partial charge in [-0.3, -0.25) is 9.59 Å². The predicted molar refractivity (Wildman–Crippen MR) is 102 cm³/mol. The molecule has 0 radical (unpaired) electrons. The lowest BCUT2D eigenvalue weighted by Gasteiger charge is -2.11. The summed E-state index contributed by atoms with van der Waals surface area (Å²) in [6, 6.07) is 14.8. The Bertz CT molecular complexity index is 773. The highest BCUT2D eigenvalue weighted by Gasteiger charge is 2.08.